The zero-order valence-electron chi connectivity index (χ0n) is 15.0. The summed E-state index contributed by atoms with van der Waals surface area (Å²) in [6.45, 7) is 5.03. The van der Waals surface area contributed by atoms with Crippen LogP contribution in [0, 0.1) is 6.92 Å². The smallest absolute Gasteiger partial charge is 0.264 e. The van der Waals surface area contributed by atoms with Crippen molar-refractivity contribution >= 4 is 39.1 Å². The summed E-state index contributed by atoms with van der Waals surface area (Å²) >= 11 is 7.54. The molecule has 0 radical (unpaired) electrons. The van der Waals surface area contributed by atoms with Gasteiger partial charge in [-0.2, -0.15) is 5.10 Å². The molecule has 2 aromatic heterocycles. The third-order valence-corrected chi connectivity index (χ3v) is 6.54. The number of amides is 1. The number of halogens is 1. The predicted molar refractivity (Wildman–Crippen MR) is 108 cm³/mol. The van der Waals surface area contributed by atoms with E-state index in [0.717, 1.165) is 52.3 Å². The van der Waals surface area contributed by atoms with Gasteiger partial charge in [0.15, 0.2) is 0 Å². The van der Waals surface area contributed by atoms with Crippen LogP contribution in [0.3, 0.4) is 0 Å². The molecule has 26 heavy (non-hydrogen) atoms. The van der Waals surface area contributed by atoms with E-state index in [4.69, 9.17) is 11.6 Å². The van der Waals surface area contributed by atoms with Crippen LogP contribution in [0.4, 0.5) is 0 Å². The van der Waals surface area contributed by atoms with Crippen LogP contribution in [-0.4, -0.2) is 33.2 Å². The normalized spacial score (nSPS) is 17.8. The van der Waals surface area contributed by atoms with Gasteiger partial charge < -0.3 is 4.90 Å². The van der Waals surface area contributed by atoms with E-state index in [9.17, 15) is 4.79 Å². The first-order chi connectivity index (χ1) is 12.6. The summed E-state index contributed by atoms with van der Waals surface area (Å²) in [6, 6.07) is 10.0. The Morgan fingerprint density at radius 2 is 2.08 bits per heavy atom. The highest BCUT2D eigenvalue weighted by Gasteiger charge is 2.28. The highest BCUT2D eigenvalue weighted by Crippen LogP contribution is 2.32. The molecule has 0 N–H and O–H groups in total. The summed E-state index contributed by atoms with van der Waals surface area (Å²) in [6.07, 6.45) is 4.46. The summed E-state index contributed by atoms with van der Waals surface area (Å²) in [5.41, 5.74) is 1.90. The molecule has 1 unspecified atom stereocenters. The molecule has 3 heterocycles. The van der Waals surface area contributed by atoms with E-state index in [1.165, 1.54) is 17.8 Å². The van der Waals surface area contributed by atoms with Gasteiger partial charge in [-0.1, -0.05) is 18.5 Å². The lowest BCUT2D eigenvalue weighted by atomic mass is 10.00. The highest BCUT2D eigenvalue weighted by molar-refractivity contribution is 7.20. The molecule has 3 aromatic rings. The van der Waals surface area contributed by atoms with Gasteiger partial charge in [-0.05, 0) is 62.9 Å². The minimum Gasteiger partial charge on any atom is -0.335 e. The second-order valence-corrected chi connectivity index (χ2v) is 8.33. The number of hydrogen-bond donors (Lipinski definition) is 0. The maximum atomic E-state index is 13.1. The molecule has 1 amide bonds. The minimum atomic E-state index is 0.166. The molecule has 4 rings (SSSR count). The lowest BCUT2D eigenvalue weighted by Crippen LogP contribution is -2.43. The monoisotopic (exact) mass is 387 g/mol. The maximum Gasteiger partial charge on any atom is 0.264 e. The molecule has 1 saturated heterocycles. The van der Waals surface area contributed by atoms with E-state index in [2.05, 4.69) is 16.9 Å². The number of thiophene rings is 1. The molecular formula is C20H22ClN3OS. The first-order valence-electron chi connectivity index (χ1n) is 9.14. The van der Waals surface area contributed by atoms with E-state index in [0.29, 0.717) is 11.1 Å². The van der Waals surface area contributed by atoms with Crippen molar-refractivity contribution in [1.82, 2.24) is 14.7 Å². The average Bonchev–Trinajstić information content (AvgIpc) is 3.23. The second kappa shape index (κ2) is 7.05. The van der Waals surface area contributed by atoms with Gasteiger partial charge in [0, 0.05) is 23.0 Å². The highest BCUT2D eigenvalue weighted by atomic mass is 35.5. The van der Waals surface area contributed by atoms with Crippen LogP contribution in [-0.2, 0) is 0 Å². The Labute approximate surface area is 162 Å². The Morgan fingerprint density at radius 1 is 1.31 bits per heavy atom. The SMILES string of the molecule is CCC1CCCCN1C(=O)c1cc2c(C)nn(-c3ccc(Cl)cc3)c2s1. The van der Waals surface area contributed by atoms with E-state index in [-0.39, 0.29) is 5.91 Å². The number of aryl methyl sites for hydroxylation is 1. The van der Waals surface area contributed by atoms with Crippen molar-refractivity contribution < 1.29 is 4.79 Å². The van der Waals surface area contributed by atoms with E-state index >= 15 is 0 Å². The summed E-state index contributed by atoms with van der Waals surface area (Å²) in [7, 11) is 0. The van der Waals surface area contributed by atoms with Crippen LogP contribution < -0.4 is 0 Å². The van der Waals surface area contributed by atoms with Crippen LogP contribution >= 0.6 is 22.9 Å². The van der Waals surface area contributed by atoms with Crippen molar-refractivity contribution in [3.05, 3.63) is 45.9 Å². The van der Waals surface area contributed by atoms with Crippen LogP contribution in [0.2, 0.25) is 5.02 Å². The van der Waals surface area contributed by atoms with Gasteiger partial charge >= 0.3 is 0 Å². The Morgan fingerprint density at radius 3 is 2.81 bits per heavy atom. The van der Waals surface area contributed by atoms with E-state index in [1.807, 2.05) is 41.9 Å². The summed E-state index contributed by atoms with van der Waals surface area (Å²) in [5.74, 6) is 0.166. The zero-order chi connectivity index (χ0) is 18.3. The number of carbonyl (C=O) groups excluding carboxylic acids is 1. The number of rotatable bonds is 3. The molecule has 1 aliphatic rings. The molecule has 0 bridgehead atoms. The lowest BCUT2D eigenvalue weighted by Gasteiger charge is -2.35. The Bertz CT molecular complexity index is 944. The molecule has 0 spiro atoms. The molecule has 1 aliphatic heterocycles. The molecule has 136 valence electrons. The number of likely N-dealkylation sites (tertiary alicyclic amines) is 1. The lowest BCUT2D eigenvalue weighted by molar-refractivity contribution is 0.0613. The quantitative estimate of drug-likeness (QED) is 0.599. The minimum absolute atomic E-state index is 0.166. The Balaban J connectivity index is 1.72. The largest absolute Gasteiger partial charge is 0.335 e. The predicted octanol–water partition coefficient (Wildman–Crippen LogP) is 5.45. The summed E-state index contributed by atoms with van der Waals surface area (Å²) in [4.78, 5) is 17.0. The van der Waals surface area contributed by atoms with Crippen molar-refractivity contribution in [3.8, 4) is 5.69 Å². The van der Waals surface area contributed by atoms with Crippen LogP contribution in [0.25, 0.3) is 15.9 Å². The fourth-order valence-electron chi connectivity index (χ4n) is 3.74. The number of aromatic nitrogens is 2. The number of benzene rings is 1. The van der Waals surface area contributed by atoms with E-state index in [1.54, 1.807) is 0 Å². The number of hydrogen-bond acceptors (Lipinski definition) is 3. The molecule has 0 saturated carbocycles. The standard InChI is InChI=1S/C20H22ClN3OS/c1-3-15-6-4-5-11-23(15)19(25)18-12-17-13(2)22-24(20(17)26-18)16-9-7-14(21)8-10-16/h7-10,12,15H,3-6,11H2,1-2H3. The molecule has 1 fully saturated rings. The number of fused-ring (bicyclic) bond motifs is 1. The van der Waals surface area contributed by atoms with Crippen molar-refractivity contribution in [2.45, 2.75) is 45.6 Å². The van der Waals surface area contributed by atoms with Crippen LogP contribution in [0.15, 0.2) is 30.3 Å². The number of nitrogens with zero attached hydrogens (tertiary/aromatic N) is 3. The summed E-state index contributed by atoms with van der Waals surface area (Å²) in [5, 5.41) is 6.41. The molecule has 1 atom stereocenters. The number of carbonyl (C=O) groups is 1. The zero-order valence-corrected chi connectivity index (χ0v) is 16.6. The van der Waals surface area contributed by atoms with Crippen LogP contribution in [0.1, 0.15) is 48.0 Å². The van der Waals surface area contributed by atoms with Gasteiger partial charge in [0.2, 0.25) is 0 Å². The van der Waals surface area contributed by atoms with Gasteiger partial charge in [-0.3, -0.25) is 4.79 Å². The van der Waals surface area contributed by atoms with Gasteiger partial charge in [0.25, 0.3) is 5.91 Å². The third-order valence-electron chi connectivity index (χ3n) is 5.19. The third kappa shape index (κ3) is 3.03. The average molecular weight is 388 g/mol. The topological polar surface area (TPSA) is 38.1 Å². The van der Waals surface area contributed by atoms with Gasteiger partial charge in [-0.15, -0.1) is 11.3 Å². The number of piperidine rings is 1. The van der Waals surface area contributed by atoms with Crippen molar-refractivity contribution in [2.24, 2.45) is 0 Å². The molecular weight excluding hydrogens is 366 g/mol. The van der Waals surface area contributed by atoms with E-state index < -0.39 is 0 Å². The summed E-state index contributed by atoms with van der Waals surface area (Å²) < 4.78 is 1.91. The first kappa shape index (κ1) is 17.6. The fraction of sp³-hybridized carbons (Fsp3) is 0.400. The van der Waals surface area contributed by atoms with Gasteiger partial charge in [0.1, 0.15) is 4.83 Å². The van der Waals surface area contributed by atoms with Crippen LogP contribution in [0.5, 0.6) is 0 Å². The fourth-order valence-corrected chi connectivity index (χ4v) is 5.01. The molecule has 0 aliphatic carbocycles. The first-order valence-corrected chi connectivity index (χ1v) is 10.3. The second-order valence-electron chi connectivity index (χ2n) is 6.86. The van der Waals surface area contributed by atoms with Crippen molar-refractivity contribution in [1.29, 1.82) is 0 Å². The molecule has 1 aromatic carbocycles. The van der Waals surface area contributed by atoms with Crippen molar-refractivity contribution in [3.63, 3.8) is 0 Å². The maximum absolute atomic E-state index is 13.1. The Hall–Kier alpha value is -1.85. The molecule has 6 heteroatoms. The van der Waals surface area contributed by atoms with Gasteiger partial charge in [-0.25, -0.2) is 4.68 Å². The Kier molecular flexibility index (Phi) is 4.76. The van der Waals surface area contributed by atoms with Crippen molar-refractivity contribution in [2.75, 3.05) is 6.54 Å². The molecule has 4 nitrogen and oxygen atoms in total. The van der Waals surface area contributed by atoms with Gasteiger partial charge in [0.05, 0.1) is 16.3 Å².